The lowest BCUT2D eigenvalue weighted by molar-refractivity contribution is 0.0705. The van der Waals surface area contributed by atoms with E-state index in [1.807, 2.05) is 18.2 Å². The monoisotopic (exact) mass is 336 g/mol. The second kappa shape index (κ2) is 6.64. The van der Waals surface area contributed by atoms with E-state index in [1.165, 1.54) is 10.8 Å². The molecule has 0 N–H and O–H groups in total. The van der Waals surface area contributed by atoms with Crippen LogP contribution < -0.4 is 0 Å². The van der Waals surface area contributed by atoms with Gasteiger partial charge < -0.3 is 9.64 Å². The van der Waals surface area contributed by atoms with E-state index in [0.29, 0.717) is 25.5 Å². The molecule has 1 fully saturated rings. The van der Waals surface area contributed by atoms with Gasteiger partial charge in [-0.15, -0.1) is 5.10 Å². The highest BCUT2D eigenvalue weighted by atomic mass is 16.5. The zero-order chi connectivity index (χ0) is 17.2. The summed E-state index contributed by atoms with van der Waals surface area (Å²) in [5.74, 6) is -0.111. The highest BCUT2D eigenvalue weighted by Crippen LogP contribution is 2.19. The molecule has 6 nitrogen and oxygen atoms in total. The van der Waals surface area contributed by atoms with Crippen LogP contribution in [0, 0.1) is 0 Å². The van der Waals surface area contributed by atoms with E-state index in [0.717, 1.165) is 12.0 Å². The first-order valence-corrected chi connectivity index (χ1v) is 8.44. The Bertz CT molecular complexity index is 894. The maximum absolute atomic E-state index is 12.6. The summed E-state index contributed by atoms with van der Waals surface area (Å²) in [4.78, 5) is 14.3. The summed E-state index contributed by atoms with van der Waals surface area (Å²) < 4.78 is 7.07. The average Bonchev–Trinajstić information content (AvgIpc) is 3.33. The lowest BCUT2D eigenvalue weighted by atomic mass is 10.0. The minimum Gasteiger partial charge on any atom is -0.379 e. The quantitative estimate of drug-likeness (QED) is 0.734. The van der Waals surface area contributed by atoms with Gasteiger partial charge >= 0.3 is 0 Å². The Kier molecular flexibility index (Phi) is 4.19. The van der Waals surface area contributed by atoms with E-state index >= 15 is 0 Å². The molecule has 1 saturated heterocycles. The van der Waals surface area contributed by atoms with Crippen molar-refractivity contribution in [3.8, 4) is 0 Å². The van der Waals surface area contributed by atoms with Crippen LogP contribution >= 0.6 is 0 Å². The fourth-order valence-corrected chi connectivity index (χ4v) is 3.25. The summed E-state index contributed by atoms with van der Waals surface area (Å²) in [5, 5.41) is 10.6. The van der Waals surface area contributed by atoms with Crippen LogP contribution in [0.3, 0.4) is 0 Å². The Morgan fingerprint density at radius 3 is 2.96 bits per heavy atom. The van der Waals surface area contributed by atoms with Crippen LogP contribution in [0.25, 0.3) is 10.8 Å². The molecule has 25 heavy (non-hydrogen) atoms. The summed E-state index contributed by atoms with van der Waals surface area (Å²) in [6.45, 7) is 1.88. The summed E-state index contributed by atoms with van der Waals surface area (Å²) in [6.07, 6.45) is 2.59. The lowest BCUT2D eigenvalue weighted by Gasteiger charge is -2.21. The van der Waals surface area contributed by atoms with Crippen molar-refractivity contribution in [1.29, 1.82) is 0 Å². The number of benzene rings is 2. The number of rotatable bonds is 4. The van der Waals surface area contributed by atoms with E-state index in [1.54, 1.807) is 22.8 Å². The molecule has 6 heteroatoms. The molecule has 1 atom stereocenters. The van der Waals surface area contributed by atoms with Gasteiger partial charge in [-0.25, -0.2) is 4.68 Å². The van der Waals surface area contributed by atoms with Gasteiger partial charge in [-0.05, 0) is 22.8 Å². The van der Waals surface area contributed by atoms with Crippen molar-refractivity contribution in [3.63, 3.8) is 0 Å². The standard InChI is InChI=1S/C19H20N4O2/c1-22(16-9-10-25-13-16)19(24)18-12-23(21-20-18)11-15-7-4-6-14-5-2-3-8-17(14)15/h2-8,12,16H,9-11,13H2,1H3/t16-/m0/s1. The normalized spacial score (nSPS) is 17.1. The molecule has 2 heterocycles. The molecule has 1 aliphatic heterocycles. The van der Waals surface area contributed by atoms with Gasteiger partial charge in [-0.3, -0.25) is 4.79 Å². The van der Waals surface area contributed by atoms with E-state index in [9.17, 15) is 4.79 Å². The molecular formula is C19H20N4O2. The molecule has 1 aromatic heterocycles. The van der Waals surface area contributed by atoms with Gasteiger partial charge in [0.1, 0.15) is 0 Å². The number of aromatic nitrogens is 3. The number of likely N-dealkylation sites (N-methyl/N-ethyl adjacent to an activating group) is 1. The second-order valence-corrected chi connectivity index (χ2v) is 6.37. The fraction of sp³-hybridized carbons (Fsp3) is 0.316. The number of carbonyl (C=O) groups is 1. The zero-order valence-corrected chi connectivity index (χ0v) is 14.1. The molecule has 2 aromatic carbocycles. The first-order valence-electron chi connectivity index (χ1n) is 8.44. The van der Waals surface area contributed by atoms with Gasteiger partial charge in [0.2, 0.25) is 0 Å². The van der Waals surface area contributed by atoms with Crippen LogP contribution in [0.1, 0.15) is 22.5 Å². The van der Waals surface area contributed by atoms with E-state index in [4.69, 9.17) is 4.74 Å². The molecule has 0 aliphatic carbocycles. The van der Waals surface area contributed by atoms with Crippen LogP contribution in [0.4, 0.5) is 0 Å². The highest BCUT2D eigenvalue weighted by molar-refractivity contribution is 5.92. The van der Waals surface area contributed by atoms with Gasteiger partial charge in [0.25, 0.3) is 5.91 Å². The first-order chi connectivity index (χ1) is 12.2. The van der Waals surface area contributed by atoms with Crippen molar-refractivity contribution in [2.75, 3.05) is 20.3 Å². The highest BCUT2D eigenvalue weighted by Gasteiger charge is 2.26. The number of fused-ring (bicyclic) bond motifs is 1. The zero-order valence-electron chi connectivity index (χ0n) is 14.1. The molecule has 128 valence electrons. The third-order valence-corrected chi connectivity index (χ3v) is 4.74. The van der Waals surface area contributed by atoms with Crippen molar-refractivity contribution in [1.82, 2.24) is 19.9 Å². The summed E-state index contributed by atoms with van der Waals surface area (Å²) >= 11 is 0. The van der Waals surface area contributed by atoms with Gasteiger partial charge in [0, 0.05) is 13.7 Å². The SMILES string of the molecule is CN(C(=O)c1cn(Cc2cccc3ccccc23)nn1)[C@H]1CCOC1. The molecule has 3 aromatic rings. The number of hydrogen-bond acceptors (Lipinski definition) is 4. The van der Waals surface area contributed by atoms with Crippen LogP contribution in [-0.2, 0) is 11.3 Å². The van der Waals surface area contributed by atoms with Gasteiger partial charge in [0.05, 0.1) is 25.4 Å². The minimum atomic E-state index is -0.111. The molecule has 0 bridgehead atoms. The van der Waals surface area contributed by atoms with Crippen molar-refractivity contribution in [3.05, 3.63) is 59.9 Å². The molecule has 0 radical (unpaired) electrons. The Morgan fingerprint density at radius 2 is 2.12 bits per heavy atom. The Morgan fingerprint density at radius 1 is 1.28 bits per heavy atom. The van der Waals surface area contributed by atoms with Crippen LogP contribution in [-0.4, -0.2) is 52.1 Å². The van der Waals surface area contributed by atoms with Crippen molar-refractivity contribution >= 4 is 16.7 Å². The Labute approximate surface area is 146 Å². The van der Waals surface area contributed by atoms with Crippen LogP contribution in [0.5, 0.6) is 0 Å². The molecule has 4 rings (SSSR count). The van der Waals surface area contributed by atoms with Gasteiger partial charge in [-0.1, -0.05) is 47.7 Å². The number of nitrogens with zero attached hydrogens (tertiary/aromatic N) is 4. The van der Waals surface area contributed by atoms with E-state index in [-0.39, 0.29) is 11.9 Å². The number of ether oxygens (including phenoxy) is 1. The number of hydrogen-bond donors (Lipinski definition) is 0. The van der Waals surface area contributed by atoms with Crippen molar-refractivity contribution < 1.29 is 9.53 Å². The Balaban J connectivity index is 1.54. The maximum atomic E-state index is 12.6. The first kappa shape index (κ1) is 15.8. The number of amides is 1. The minimum absolute atomic E-state index is 0.111. The van der Waals surface area contributed by atoms with E-state index in [2.05, 4.69) is 34.6 Å². The lowest BCUT2D eigenvalue weighted by Crippen LogP contribution is -2.37. The molecule has 1 amide bonds. The molecule has 1 aliphatic rings. The van der Waals surface area contributed by atoms with Gasteiger partial charge in [-0.2, -0.15) is 0 Å². The molecule has 0 saturated carbocycles. The van der Waals surface area contributed by atoms with Crippen molar-refractivity contribution in [2.24, 2.45) is 0 Å². The maximum Gasteiger partial charge on any atom is 0.276 e. The fourth-order valence-electron chi connectivity index (χ4n) is 3.25. The predicted octanol–water partition coefficient (Wildman–Crippen LogP) is 2.34. The van der Waals surface area contributed by atoms with Gasteiger partial charge in [0.15, 0.2) is 5.69 Å². The second-order valence-electron chi connectivity index (χ2n) is 6.37. The Hall–Kier alpha value is -2.73. The third-order valence-electron chi connectivity index (χ3n) is 4.74. The predicted molar refractivity (Wildman–Crippen MR) is 94.4 cm³/mol. The molecule has 0 spiro atoms. The van der Waals surface area contributed by atoms with Crippen LogP contribution in [0.15, 0.2) is 48.7 Å². The third kappa shape index (κ3) is 3.13. The molecular weight excluding hydrogens is 316 g/mol. The average molecular weight is 336 g/mol. The summed E-state index contributed by atoms with van der Waals surface area (Å²) in [6, 6.07) is 14.6. The topological polar surface area (TPSA) is 60.2 Å². The van der Waals surface area contributed by atoms with E-state index < -0.39 is 0 Å². The number of carbonyl (C=O) groups excluding carboxylic acids is 1. The smallest absolute Gasteiger partial charge is 0.276 e. The molecule has 0 unspecified atom stereocenters. The van der Waals surface area contributed by atoms with Crippen LogP contribution in [0.2, 0.25) is 0 Å². The largest absolute Gasteiger partial charge is 0.379 e. The summed E-state index contributed by atoms with van der Waals surface area (Å²) in [5.41, 5.74) is 1.52. The van der Waals surface area contributed by atoms with Crippen molar-refractivity contribution in [2.45, 2.75) is 19.0 Å². The summed E-state index contributed by atoms with van der Waals surface area (Å²) in [7, 11) is 1.80.